The molecule has 0 amide bonds. The normalized spacial score (nSPS) is 20.1. The number of nitrogens with zero attached hydrogens (tertiary/aromatic N) is 1. The fourth-order valence-corrected chi connectivity index (χ4v) is 2.66. The summed E-state index contributed by atoms with van der Waals surface area (Å²) in [6.45, 7) is 0.683. The van der Waals surface area contributed by atoms with Crippen LogP contribution in [0, 0.1) is 0 Å². The Kier molecular flexibility index (Phi) is 2.91. The van der Waals surface area contributed by atoms with Crippen molar-refractivity contribution in [1.82, 2.24) is 4.98 Å². The van der Waals surface area contributed by atoms with Gasteiger partial charge in [0.25, 0.3) is 0 Å². The molecule has 0 aliphatic heterocycles. The Morgan fingerprint density at radius 1 is 1.27 bits per heavy atom. The molecule has 0 aromatic carbocycles. The molecule has 1 heterocycles. The van der Waals surface area contributed by atoms with Crippen LogP contribution in [-0.4, -0.2) is 11.5 Å². The fourth-order valence-electron chi connectivity index (χ4n) is 2.66. The van der Waals surface area contributed by atoms with Crippen molar-refractivity contribution in [3.63, 3.8) is 0 Å². The highest BCUT2D eigenvalue weighted by molar-refractivity contribution is 5.49. The van der Waals surface area contributed by atoms with Crippen molar-refractivity contribution in [2.75, 3.05) is 12.3 Å². The SMILES string of the molecule is NCC1(c2cnccc2N)CCCCC1. The van der Waals surface area contributed by atoms with Crippen LogP contribution in [0.15, 0.2) is 18.5 Å². The van der Waals surface area contributed by atoms with Gasteiger partial charge in [0, 0.05) is 35.6 Å². The number of rotatable bonds is 2. The van der Waals surface area contributed by atoms with Crippen molar-refractivity contribution in [2.45, 2.75) is 37.5 Å². The molecule has 0 spiro atoms. The zero-order chi connectivity index (χ0) is 10.7. The number of anilines is 1. The molecule has 0 bridgehead atoms. The van der Waals surface area contributed by atoms with Crippen LogP contribution in [0.3, 0.4) is 0 Å². The number of nitrogen functional groups attached to an aromatic ring is 1. The van der Waals surface area contributed by atoms with E-state index in [1.807, 2.05) is 12.3 Å². The first-order chi connectivity index (χ1) is 7.28. The van der Waals surface area contributed by atoms with E-state index in [0.29, 0.717) is 6.54 Å². The molecular formula is C12H19N3. The molecule has 1 aliphatic carbocycles. The Bertz CT molecular complexity index is 329. The minimum atomic E-state index is 0.0938. The van der Waals surface area contributed by atoms with Gasteiger partial charge in [-0.3, -0.25) is 4.98 Å². The summed E-state index contributed by atoms with van der Waals surface area (Å²) in [5.41, 5.74) is 14.1. The molecule has 3 heteroatoms. The highest BCUT2D eigenvalue weighted by Crippen LogP contribution is 2.40. The molecule has 0 atom stereocenters. The third-order valence-corrected chi connectivity index (χ3v) is 3.63. The summed E-state index contributed by atoms with van der Waals surface area (Å²) >= 11 is 0. The van der Waals surface area contributed by atoms with E-state index >= 15 is 0 Å². The van der Waals surface area contributed by atoms with Crippen LogP contribution in [-0.2, 0) is 5.41 Å². The van der Waals surface area contributed by atoms with Crippen molar-refractivity contribution in [1.29, 1.82) is 0 Å². The lowest BCUT2D eigenvalue weighted by Gasteiger charge is -2.37. The summed E-state index contributed by atoms with van der Waals surface area (Å²) in [6, 6.07) is 1.88. The molecule has 0 unspecified atom stereocenters. The second kappa shape index (κ2) is 4.19. The molecule has 3 nitrogen and oxygen atoms in total. The molecule has 82 valence electrons. The van der Waals surface area contributed by atoms with E-state index in [9.17, 15) is 0 Å². The summed E-state index contributed by atoms with van der Waals surface area (Å²) in [5, 5.41) is 0. The van der Waals surface area contributed by atoms with Gasteiger partial charge in [0.15, 0.2) is 0 Å². The lowest BCUT2D eigenvalue weighted by molar-refractivity contribution is 0.301. The second-order valence-electron chi connectivity index (χ2n) is 4.51. The summed E-state index contributed by atoms with van der Waals surface area (Å²) in [5.74, 6) is 0. The largest absolute Gasteiger partial charge is 0.398 e. The summed E-state index contributed by atoms with van der Waals surface area (Å²) in [7, 11) is 0. The third-order valence-electron chi connectivity index (χ3n) is 3.63. The summed E-state index contributed by atoms with van der Waals surface area (Å²) in [6.07, 6.45) is 9.77. The molecule has 0 saturated heterocycles. The zero-order valence-electron chi connectivity index (χ0n) is 9.08. The van der Waals surface area contributed by atoms with E-state index in [1.165, 1.54) is 19.3 Å². The molecular weight excluding hydrogens is 186 g/mol. The Labute approximate surface area is 90.9 Å². The van der Waals surface area contributed by atoms with Crippen molar-refractivity contribution >= 4 is 5.69 Å². The lowest BCUT2D eigenvalue weighted by atomic mass is 9.69. The van der Waals surface area contributed by atoms with Crippen LogP contribution in [0.2, 0.25) is 0 Å². The van der Waals surface area contributed by atoms with Gasteiger partial charge >= 0.3 is 0 Å². The van der Waals surface area contributed by atoms with Gasteiger partial charge < -0.3 is 11.5 Å². The molecule has 0 radical (unpaired) electrons. The maximum Gasteiger partial charge on any atom is 0.0383 e. The first-order valence-electron chi connectivity index (χ1n) is 5.68. The first kappa shape index (κ1) is 10.4. The van der Waals surface area contributed by atoms with Crippen molar-refractivity contribution in [3.05, 3.63) is 24.0 Å². The van der Waals surface area contributed by atoms with Crippen LogP contribution >= 0.6 is 0 Å². The molecule has 1 aromatic rings. The Morgan fingerprint density at radius 2 is 2.00 bits per heavy atom. The Hall–Kier alpha value is -1.09. The van der Waals surface area contributed by atoms with Crippen molar-refractivity contribution < 1.29 is 0 Å². The van der Waals surface area contributed by atoms with E-state index in [-0.39, 0.29) is 5.41 Å². The van der Waals surface area contributed by atoms with Gasteiger partial charge in [-0.25, -0.2) is 0 Å². The smallest absolute Gasteiger partial charge is 0.0383 e. The molecule has 4 N–H and O–H groups in total. The van der Waals surface area contributed by atoms with Gasteiger partial charge in [-0.2, -0.15) is 0 Å². The first-order valence-corrected chi connectivity index (χ1v) is 5.68. The van der Waals surface area contributed by atoms with Crippen LogP contribution in [0.25, 0.3) is 0 Å². The van der Waals surface area contributed by atoms with Gasteiger partial charge in [-0.1, -0.05) is 19.3 Å². The van der Waals surface area contributed by atoms with Crippen LogP contribution < -0.4 is 11.5 Å². The van der Waals surface area contributed by atoms with E-state index < -0.39 is 0 Å². The van der Waals surface area contributed by atoms with E-state index in [2.05, 4.69) is 4.98 Å². The minimum absolute atomic E-state index is 0.0938. The highest BCUT2D eigenvalue weighted by atomic mass is 14.7. The fraction of sp³-hybridized carbons (Fsp3) is 0.583. The third kappa shape index (κ3) is 1.84. The number of nitrogens with two attached hydrogens (primary N) is 2. The van der Waals surface area contributed by atoms with Crippen LogP contribution in [0.4, 0.5) is 5.69 Å². The quantitative estimate of drug-likeness (QED) is 0.774. The van der Waals surface area contributed by atoms with Crippen LogP contribution in [0.1, 0.15) is 37.7 Å². The molecule has 15 heavy (non-hydrogen) atoms. The van der Waals surface area contributed by atoms with Gasteiger partial charge in [0.2, 0.25) is 0 Å². The number of hydrogen-bond donors (Lipinski definition) is 2. The average molecular weight is 205 g/mol. The predicted molar refractivity (Wildman–Crippen MR) is 62.5 cm³/mol. The molecule has 1 saturated carbocycles. The van der Waals surface area contributed by atoms with Gasteiger partial charge in [-0.05, 0) is 18.9 Å². The monoisotopic (exact) mass is 205 g/mol. The molecule has 2 rings (SSSR count). The predicted octanol–water partition coefficient (Wildman–Crippen LogP) is 1.82. The Balaban J connectivity index is 2.36. The number of hydrogen-bond acceptors (Lipinski definition) is 3. The van der Waals surface area contributed by atoms with E-state index in [4.69, 9.17) is 11.5 Å². The molecule has 1 fully saturated rings. The highest BCUT2D eigenvalue weighted by Gasteiger charge is 2.34. The maximum absolute atomic E-state index is 6.02. The topological polar surface area (TPSA) is 64.9 Å². The maximum atomic E-state index is 6.02. The zero-order valence-corrected chi connectivity index (χ0v) is 9.08. The number of aromatic nitrogens is 1. The van der Waals surface area contributed by atoms with Gasteiger partial charge in [-0.15, -0.1) is 0 Å². The van der Waals surface area contributed by atoms with E-state index in [1.54, 1.807) is 6.20 Å². The van der Waals surface area contributed by atoms with Crippen molar-refractivity contribution in [2.24, 2.45) is 5.73 Å². The van der Waals surface area contributed by atoms with Crippen molar-refractivity contribution in [3.8, 4) is 0 Å². The van der Waals surface area contributed by atoms with Crippen LogP contribution in [0.5, 0.6) is 0 Å². The second-order valence-corrected chi connectivity index (χ2v) is 4.51. The van der Waals surface area contributed by atoms with Gasteiger partial charge in [0.05, 0.1) is 0 Å². The number of pyridine rings is 1. The van der Waals surface area contributed by atoms with E-state index in [0.717, 1.165) is 24.1 Å². The summed E-state index contributed by atoms with van der Waals surface area (Å²) < 4.78 is 0. The Morgan fingerprint density at radius 3 is 2.60 bits per heavy atom. The lowest BCUT2D eigenvalue weighted by Crippen LogP contribution is -2.37. The minimum Gasteiger partial charge on any atom is -0.398 e. The van der Waals surface area contributed by atoms with Gasteiger partial charge in [0.1, 0.15) is 0 Å². The average Bonchev–Trinajstić information content (AvgIpc) is 2.30. The molecule has 1 aromatic heterocycles. The molecule has 1 aliphatic rings. The standard InChI is InChI=1S/C12H19N3/c13-9-12(5-2-1-3-6-12)10-8-15-7-4-11(10)14/h4,7-8H,1-3,5-6,9,13H2,(H2,14,15). The summed E-state index contributed by atoms with van der Waals surface area (Å²) in [4.78, 5) is 4.18.